The monoisotopic (exact) mass is 350 g/mol. The molecule has 0 bridgehead atoms. The molecule has 6 heteroatoms. The van der Waals surface area contributed by atoms with E-state index in [1.54, 1.807) is 6.20 Å². The topological polar surface area (TPSA) is 79.0 Å². The molecule has 3 aromatic rings. The first-order chi connectivity index (χ1) is 12.8. The lowest BCUT2D eigenvalue weighted by atomic mass is 10.1. The molecule has 6 nitrogen and oxygen atoms in total. The highest BCUT2D eigenvalue weighted by Crippen LogP contribution is 2.19. The molecule has 1 unspecified atom stereocenters. The van der Waals surface area contributed by atoms with Crippen LogP contribution >= 0.6 is 0 Å². The van der Waals surface area contributed by atoms with Crippen LogP contribution < -0.4 is 10.6 Å². The number of fused-ring (bicyclic) bond motifs is 1. The Hall–Kier alpha value is -2.86. The normalized spacial score (nSPS) is 16.7. The second-order valence-electron chi connectivity index (χ2n) is 6.53. The fraction of sp³-hybridized carbons (Fsp3) is 0.300. The number of hydrogen-bond acceptors (Lipinski definition) is 4. The fourth-order valence-corrected chi connectivity index (χ4v) is 3.25. The molecule has 3 heterocycles. The number of rotatable bonds is 6. The van der Waals surface area contributed by atoms with E-state index in [0.29, 0.717) is 12.1 Å². The van der Waals surface area contributed by atoms with Gasteiger partial charge in [-0.1, -0.05) is 18.2 Å². The highest BCUT2D eigenvalue weighted by atomic mass is 16.5. The molecule has 1 aliphatic rings. The van der Waals surface area contributed by atoms with Crippen LogP contribution in [-0.2, 0) is 16.0 Å². The van der Waals surface area contributed by atoms with E-state index in [1.165, 1.54) is 0 Å². The molecule has 3 N–H and O–H groups in total. The maximum absolute atomic E-state index is 12.3. The molecule has 26 heavy (non-hydrogen) atoms. The molecule has 1 fully saturated rings. The summed E-state index contributed by atoms with van der Waals surface area (Å²) in [7, 11) is 0. The van der Waals surface area contributed by atoms with Crippen LogP contribution in [-0.4, -0.2) is 35.1 Å². The molecule has 1 atom stereocenters. The summed E-state index contributed by atoms with van der Waals surface area (Å²) in [5.74, 6) is 0.728. The van der Waals surface area contributed by atoms with Gasteiger partial charge in [0.15, 0.2) is 0 Å². The Morgan fingerprint density at radius 1 is 1.27 bits per heavy atom. The standard InChI is InChI=1S/C20H22N4O2/c25-20(10-14-11-21-18-6-2-1-5-17(14)18)24-15-7-8-19(22-12-15)23-13-16-4-3-9-26-16/h1-2,5-8,11-12,16,21H,3-4,9-10,13H2,(H,22,23)(H,24,25). The largest absolute Gasteiger partial charge is 0.376 e. The van der Waals surface area contributed by atoms with Gasteiger partial charge in [0.25, 0.3) is 0 Å². The summed E-state index contributed by atoms with van der Waals surface area (Å²) in [4.78, 5) is 19.9. The van der Waals surface area contributed by atoms with Crippen LogP contribution in [0.1, 0.15) is 18.4 Å². The van der Waals surface area contributed by atoms with Gasteiger partial charge < -0.3 is 20.4 Å². The predicted octanol–water partition coefficient (Wildman–Crippen LogP) is 3.34. The SMILES string of the molecule is O=C(Cc1c[nH]c2ccccc12)Nc1ccc(NCC2CCCO2)nc1. The van der Waals surface area contributed by atoms with Crippen LogP contribution in [0.15, 0.2) is 48.8 Å². The lowest BCUT2D eigenvalue weighted by Gasteiger charge is -2.11. The zero-order chi connectivity index (χ0) is 17.8. The van der Waals surface area contributed by atoms with Gasteiger partial charge in [-0.3, -0.25) is 4.79 Å². The van der Waals surface area contributed by atoms with E-state index >= 15 is 0 Å². The van der Waals surface area contributed by atoms with Crippen LogP contribution in [0.25, 0.3) is 10.9 Å². The van der Waals surface area contributed by atoms with Crippen molar-refractivity contribution < 1.29 is 9.53 Å². The molecule has 0 radical (unpaired) electrons. The number of hydrogen-bond donors (Lipinski definition) is 3. The molecular weight excluding hydrogens is 328 g/mol. The third-order valence-corrected chi connectivity index (χ3v) is 4.61. The Morgan fingerprint density at radius 2 is 2.19 bits per heavy atom. The highest BCUT2D eigenvalue weighted by molar-refractivity contribution is 5.95. The lowest BCUT2D eigenvalue weighted by molar-refractivity contribution is -0.115. The number of anilines is 2. The van der Waals surface area contributed by atoms with Crippen molar-refractivity contribution in [2.45, 2.75) is 25.4 Å². The van der Waals surface area contributed by atoms with Crippen molar-refractivity contribution in [3.8, 4) is 0 Å². The Bertz CT molecular complexity index is 882. The maximum atomic E-state index is 12.3. The third-order valence-electron chi connectivity index (χ3n) is 4.61. The van der Waals surface area contributed by atoms with Crippen LogP contribution in [0.5, 0.6) is 0 Å². The molecule has 1 aromatic carbocycles. The minimum atomic E-state index is -0.0587. The van der Waals surface area contributed by atoms with Gasteiger partial charge in [-0.15, -0.1) is 0 Å². The van der Waals surface area contributed by atoms with Crippen molar-refractivity contribution in [2.75, 3.05) is 23.8 Å². The number of H-pyrrole nitrogens is 1. The van der Waals surface area contributed by atoms with E-state index in [2.05, 4.69) is 20.6 Å². The molecule has 1 aliphatic heterocycles. The minimum Gasteiger partial charge on any atom is -0.376 e. The molecule has 4 rings (SSSR count). The van der Waals surface area contributed by atoms with Crippen molar-refractivity contribution in [1.82, 2.24) is 9.97 Å². The van der Waals surface area contributed by atoms with Gasteiger partial charge in [0.2, 0.25) is 5.91 Å². The Morgan fingerprint density at radius 3 is 3.00 bits per heavy atom. The summed E-state index contributed by atoms with van der Waals surface area (Å²) in [5.41, 5.74) is 2.72. The Kier molecular flexibility index (Phi) is 4.84. The van der Waals surface area contributed by atoms with Crippen LogP contribution in [0, 0.1) is 0 Å². The summed E-state index contributed by atoms with van der Waals surface area (Å²) >= 11 is 0. The van der Waals surface area contributed by atoms with Crippen LogP contribution in [0.3, 0.4) is 0 Å². The molecule has 0 saturated carbocycles. The van der Waals surface area contributed by atoms with E-state index < -0.39 is 0 Å². The van der Waals surface area contributed by atoms with Crippen LogP contribution in [0.2, 0.25) is 0 Å². The van der Waals surface area contributed by atoms with Gasteiger partial charge in [0, 0.05) is 30.3 Å². The number of ether oxygens (including phenoxy) is 1. The van der Waals surface area contributed by atoms with Gasteiger partial charge in [-0.25, -0.2) is 4.98 Å². The van der Waals surface area contributed by atoms with E-state index in [9.17, 15) is 4.79 Å². The molecule has 0 aliphatic carbocycles. The first-order valence-corrected chi connectivity index (χ1v) is 8.94. The van der Waals surface area contributed by atoms with Crippen LogP contribution in [0.4, 0.5) is 11.5 Å². The van der Waals surface area contributed by atoms with Crippen molar-refractivity contribution in [1.29, 1.82) is 0 Å². The number of nitrogens with one attached hydrogen (secondary N) is 3. The number of para-hydroxylation sites is 1. The summed E-state index contributed by atoms with van der Waals surface area (Å²) in [6.45, 7) is 1.61. The minimum absolute atomic E-state index is 0.0587. The quantitative estimate of drug-likeness (QED) is 0.637. The third kappa shape index (κ3) is 3.86. The second kappa shape index (κ2) is 7.58. The number of aromatic amines is 1. The van der Waals surface area contributed by atoms with Crippen molar-refractivity contribution in [3.63, 3.8) is 0 Å². The zero-order valence-electron chi connectivity index (χ0n) is 14.5. The van der Waals surface area contributed by atoms with Gasteiger partial charge in [0.1, 0.15) is 5.82 Å². The number of carbonyl (C=O) groups is 1. The molecule has 0 spiro atoms. The number of carbonyl (C=O) groups excluding carboxylic acids is 1. The fourth-order valence-electron chi connectivity index (χ4n) is 3.25. The lowest BCUT2D eigenvalue weighted by Crippen LogP contribution is -2.19. The predicted molar refractivity (Wildman–Crippen MR) is 102 cm³/mol. The average Bonchev–Trinajstić information content (AvgIpc) is 3.32. The van der Waals surface area contributed by atoms with E-state index in [-0.39, 0.29) is 12.0 Å². The van der Waals surface area contributed by atoms with Gasteiger partial charge >= 0.3 is 0 Å². The Labute approximate surface area is 152 Å². The number of pyridine rings is 1. The summed E-state index contributed by atoms with van der Waals surface area (Å²) in [6.07, 6.45) is 6.37. The molecule has 2 aromatic heterocycles. The summed E-state index contributed by atoms with van der Waals surface area (Å²) in [6, 6.07) is 11.7. The van der Waals surface area contributed by atoms with Crippen molar-refractivity contribution >= 4 is 28.3 Å². The number of nitrogens with zero attached hydrogens (tertiary/aromatic N) is 1. The van der Waals surface area contributed by atoms with E-state index in [4.69, 9.17) is 4.74 Å². The first kappa shape index (κ1) is 16.6. The first-order valence-electron chi connectivity index (χ1n) is 8.94. The number of aromatic nitrogens is 2. The van der Waals surface area contributed by atoms with E-state index in [1.807, 2.05) is 42.6 Å². The zero-order valence-corrected chi connectivity index (χ0v) is 14.5. The molecule has 1 saturated heterocycles. The maximum Gasteiger partial charge on any atom is 0.228 e. The Balaban J connectivity index is 1.32. The number of benzene rings is 1. The number of amides is 1. The van der Waals surface area contributed by atoms with Gasteiger partial charge in [-0.05, 0) is 36.6 Å². The molecular formula is C20H22N4O2. The van der Waals surface area contributed by atoms with Crippen molar-refractivity contribution in [3.05, 3.63) is 54.4 Å². The van der Waals surface area contributed by atoms with E-state index in [0.717, 1.165) is 48.3 Å². The van der Waals surface area contributed by atoms with Gasteiger partial charge in [0.05, 0.1) is 24.4 Å². The highest BCUT2D eigenvalue weighted by Gasteiger charge is 2.15. The van der Waals surface area contributed by atoms with Gasteiger partial charge in [-0.2, -0.15) is 0 Å². The summed E-state index contributed by atoms with van der Waals surface area (Å²) < 4.78 is 5.58. The molecule has 1 amide bonds. The average molecular weight is 350 g/mol. The summed E-state index contributed by atoms with van der Waals surface area (Å²) in [5, 5.41) is 7.25. The smallest absolute Gasteiger partial charge is 0.228 e. The molecule has 134 valence electrons. The van der Waals surface area contributed by atoms with Crippen molar-refractivity contribution in [2.24, 2.45) is 0 Å². The second-order valence-corrected chi connectivity index (χ2v) is 6.53.